The third-order valence-corrected chi connectivity index (χ3v) is 7.10. The molecule has 0 unspecified atom stereocenters. The number of likely N-dealkylation sites (tertiary alicyclic amines) is 1. The number of amides is 2. The molecule has 0 aromatic carbocycles. The van der Waals surface area contributed by atoms with E-state index in [9.17, 15) is 9.59 Å². The van der Waals surface area contributed by atoms with Gasteiger partial charge in [-0.2, -0.15) is 11.8 Å². The summed E-state index contributed by atoms with van der Waals surface area (Å²) in [5.74, 6) is 2.79. The van der Waals surface area contributed by atoms with Crippen LogP contribution in [0.3, 0.4) is 0 Å². The molecule has 0 aromatic rings. The van der Waals surface area contributed by atoms with Crippen molar-refractivity contribution in [2.45, 2.75) is 129 Å². The van der Waals surface area contributed by atoms with Crippen molar-refractivity contribution >= 4 is 23.6 Å². The quantitative estimate of drug-likeness (QED) is 0.149. The second-order valence-electron chi connectivity index (χ2n) is 8.71. The lowest BCUT2D eigenvalue weighted by molar-refractivity contribution is -0.148. The third-order valence-electron chi connectivity index (χ3n) is 5.95. The number of nitrogens with zero attached hydrogens (tertiary/aromatic N) is 1. The number of hydrogen-bond donors (Lipinski definition) is 0. The Bertz CT molecular complexity index is 398. The Morgan fingerprint density at radius 3 is 1.52 bits per heavy atom. The zero-order chi connectivity index (χ0) is 21.0. The molecule has 0 bridgehead atoms. The van der Waals surface area contributed by atoms with Gasteiger partial charge in [-0.15, -0.1) is 0 Å². The van der Waals surface area contributed by atoms with E-state index in [1.807, 2.05) is 0 Å². The van der Waals surface area contributed by atoms with Crippen molar-refractivity contribution in [2.24, 2.45) is 0 Å². The highest BCUT2D eigenvalue weighted by atomic mass is 32.2. The summed E-state index contributed by atoms with van der Waals surface area (Å²) in [7, 11) is 0. The lowest BCUT2D eigenvalue weighted by atomic mass is 10.1. The van der Waals surface area contributed by atoms with E-state index in [2.05, 4.69) is 18.7 Å². The monoisotopic (exact) mass is 425 g/mol. The van der Waals surface area contributed by atoms with Crippen LogP contribution in [0.2, 0.25) is 0 Å². The lowest BCUT2D eigenvalue weighted by Gasteiger charge is -2.24. The van der Waals surface area contributed by atoms with Gasteiger partial charge in [-0.3, -0.25) is 14.5 Å². The topological polar surface area (TPSA) is 37.4 Å². The Balaban J connectivity index is 1.73. The lowest BCUT2D eigenvalue weighted by Crippen LogP contribution is -2.40. The maximum atomic E-state index is 11.7. The molecule has 0 atom stereocenters. The van der Waals surface area contributed by atoms with Crippen LogP contribution in [0.1, 0.15) is 129 Å². The number of carbonyl (C=O) groups is 2. The number of thioether (sulfide) groups is 1. The number of unbranched alkanes of at least 4 members (excludes halogenated alkanes) is 14. The Morgan fingerprint density at radius 2 is 1.03 bits per heavy atom. The molecule has 0 aliphatic carbocycles. The maximum Gasteiger partial charge on any atom is 0.229 e. The van der Waals surface area contributed by atoms with Gasteiger partial charge in [-0.05, 0) is 37.2 Å². The zero-order valence-corrected chi connectivity index (χ0v) is 20.0. The van der Waals surface area contributed by atoms with Crippen LogP contribution in [0.5, 0.6) is 0 Å². The predicted molar refractivity (Wildman–Crippen MR) is 127 cm³/mol. The maximum absolute atomic E-state index is 11.7. The van der Waals surface area contributed by atoms with Crippen LogP contribution in [-0.4, -0.2) is 34.8 Å². The average molecular weight is 426 g/mol. The van der Waals surface area contributed by atoms with Gasteiger partial charge < -0.3 is 0 Å². The largest absolute Gasteiger partial charge is 0.283 e. The molecule has 1 heterocycles. The van der Waals surface area contributed by atoms with E-state index >= 15 is 0 Å². The number of rotatable bonds is 20. The van der Waals surface area contributed by atoms with Crippen molar-refractivity contribution in [3.05, 3.63) is 0 Å². The summed E-state index contributed by atoms with van der Waals surface area (Å²) in [5.41, 5.74) is 0. The third kappa shape index (κ3) is 15.0. The number of hydrogen-bond acceptors (Lipinski definition) is 3. The van der Waals surface area contributed by atoms with Crippen LogP contribution in [0, 0.1) is 0 Å². The van der Waals surface area contributed by atoms with Crippen LogP contribution in [0.15, 0.2) is 0 Å². The highest BCUT2D eigenvalue weighted by Gasteiger charge is 2.24. The minimum atomic E-state index is 0.0431. The number of imide groups is 1. The summed E-state index contributed by atoms with van der Waals surface area (Å²) < 4.78 is 0. The smallest absolute Gasteiger partial charge is 0.229 e. The molecule has 0 radical (unpaired) electrons. The van der Waals surface area contributed by atoms with Gasteiger partial charge in [-0.1, -0.05) is 90.4 Å². The molecule has 1 saturated heterocycles. The van der Waals surface area contributed by atoms with Gasteiger partial charge in [0.05, 0.1) is 0 Å². The standard InChI is InChI=1S/C25H47NO2S/c1-2-3-4-5-6-10-13-16-22-29-23-17-14-11-8-7-9-12-15-21-26-24(27)19-18-20-25(26)28/h2-23H2,1H3. The fraction of sp³-hybridized carbons (Fsp3) is 0.920. The van der Waals surface area contributed by atoms with E-state index in [0.717, 1.165) is 19.3 Å². The Hall–Kier alpha value is -0.510. The fourth-order valence-electron chi connectivity index (χ4n) is 4.02. The van der Waals surface area contributed by atoms with Gasteiger partial charge in [0, 0.05) is 19.4 Å². The van der Waals surface area contributed by atoms with Gasteiger partial charge in [0.15, 0.2) is 0 Å². The molecular formula is C25H47NO2S. The van der Waals surface area contributed by atoms with Crippen LogP contribution < -0.4 is 0 Å². The second-order valence-corrected chi connectivity index (χ2v) is 9.93. The zero-order valence-electron chi connectivity index (χ0n) is 19.2. The van der Waals surface area contributed by atoms with Crippen LogP contribution in [0.25, 0.3) is 0 Å². The van der Waals surface area contributed by atoms with Gasteiger partial charge in [0.2, 0.25) is 11.8 Å². The molecule has 0 spiro atoms. The summed E-state index contributed by atoms with van der Waals surface area (Å²) in [4.78, 5) is 25.0. The SMILES string of the molecule is CCCCCCCCCCSCCCCCCCCCCN1C(=O)CCCC1=O. The fourth-order valence-corrected chi connectivity index (χ4v) is 5.04. The highest BCUT2D eigenvalue weighted by Crippen LogP contribution is 2.16. The van der Waals surface area contributed by atoms with Crippen LogP contribution >= 0.6 is 11.8 Å². The van der Waals surface area contributed by atoms with E-state index in [0.29, 0.717) is 19.4 Å². The Kier molecular flexibility index (Phi) is 17.8. The van der Waals surface area contributed by atoms with E-state index in [4.69, 9.17) is 0 Å². The van der Waals surface area contributed by atoms with Crippen LogP contribution in [-0.2, 0) is 9.59 Å². The second kappa shape index (κ2) is 19.5. The molecule has 0 N–H and O–H groups in total. The van der Waals surface area contributed by atoms with Gasteiger partial charge >= 0.3 is 0 Å². The molecular weight excluding hydrogens is 378 g/mol. The Morgan fingerprint density at radius 1 is 0.621 bits per heavy atom. The summed E-state index contributed by atoms with van der Waals surface area (Å²) in [6.45, 7) is 2.93. The van der Waals surface area contributed by atoms with Crippen molar-refractivity contribution in [3.63, 3.8) is 0 Å². The normalized spacial score (nSPS) is 14.7. The summed E-state index contributed by atoms with van der Waals surface area (Å²) in [6.07, 6.45) is 23.3. The van der Waals surface area contributed by atoms with E-state index in [1.165, 1.54) is 106 Å². The molecule has 29 heavy (non-hydrogen) atoms. The van der Waals surface area contributed by atoms with E-state index in [-0.39, 0.29) is 11.8 Å². The summed E-state index contributed by atoms with van der Waals surface area (Å²) >= 11 is 2.15. The number of carbonyl (C=O) groups excluding carboxylic acids is 2. The van der Waals surface area contributed by atoms with Gasteiger partial charge in [0.1, 0.15) is 0 Å². The summed E-state index contributed by atoms with van der Waals surface area (Å²) in [5, 5.41) is 0. The van der Waals surface area contributed by atoms with Crippen molar-refractivity contribution < 1.29 is 9.59 Å². The molecule has 0 saturated carbocycles. The minimum absolute atomic E-state index is 0.0431. The highest BCUT2D eigenvalue weighted by molar-refractivity contribution is 7.99. The first-order chi connectivity index (χ1) is 14.3. The Labute approximate surface area is 185 Å². The summed E-state index contributed by atoms with van der Waals surface area (Å²) in [6, 6.07) is 0. The van der Waals surface area contributed by atoms with Crippen molar-refractivity contribution in [2.75, 3.05) is 18.1 Å². The van der Waals surface area contributed by atoms with Crippen molar-refractivity contribution in [1.29, 1.82) is 0 Å². The van der Waals surface area contributed by atoms with Gasteiger partial charge in [0.25, 0.3) is 0 Å². The molecule has 1 fully saturated rings. The number of piperidine rings is 1. The molecule has 170 valence electrons. The van der Waals surface area contributed by atoms with Crippen molar-refractivity contribution in [1.82, 2.24) is 4.90 Å². The molecule has 1 rings (SSSR count). The molecule has 2 amide bonds. The molecule has 1 aliphatic heterocycles. The first-order valence-electron chi connectivity index (χ1n) is 12.7. The van der Waals surface area contributed by atoms with E-state index in [1.54, 1.807) is 0 Å². The molecule has 3 nitrogen and oxygen atoms in total. The van der Waals surface area contributed by atoms with E-state index < -0.39 is 0 Å². The van der Waals surface area contributed by atoms with Gasteiger partial charge in [-0.25, -0.2) is 0 Å². The average Bonchev–Trinajstić information content (AvgIpc) is 2.71. The minimum Gasteiger partial charge on any atom is -0.283 e. The molecule has 0 aromatic heterocycles. The van der Waals surface area contributed by atoms with Crippen LogP contribution in [0.4, 0.5) is 0 Å². The van der Waals surface area contributed by atoms with Crippen molar-refractivity contribution in [3.8, 4) is 0 Å². The molecule has 4 heteroatoms. The first-order valence-corrected chi connectivity index (χ1v) is 13.8. The first kappa shape index (κ1) is 26.5. The molecule has 1 aliphatic rings. The predicted octanol–water partition coefficient (Wildman–Crippen LogP) is 7.52.